The average molecular weight is 441 g/mol. The lowest BCUT2D eigenvalue weighted by molar-refractivity contribution is 0.577. The summed E-state index contributed by atoms with van der Waals surface area (Å²) in [6.07, 6.45) is 5.55. The lowest BCUT2D eigenvalue weighted by atomic mass is 10.2. The number of rotatable bonds is 4. The SMILES string of the molecule is CN=C(NCc1cc(F)ccc1F)NC1CCC(SC)C1.I. The molecule has 2 atom stereocenters. The Kier molecular flexibility index (Phi) is 8.45. The highest BCUT2D eigenvalue weighted by Gasteiger charge is 2.24. The quantitative estimate of drug-likeness (QED) is 0.427. The van der Waals surface area contributed by atoms with Crippen molar-refractivity contribution in [2.45, 2.75) is 37.1 Å². The van der Waals surface area contributed by atoms with Crippen LogP contribution >= 0.6 is 35.7 Å². The average Bonchev–Trinajstić information content (AvgIpc) is 2.94. The largest absolute Gasteiger partial charge is 0.354 e. The van der Waals surface area contributed by atoms with Crippen LogP contribution in [0.25, 0.3) is 0 Å². The van der Waals surface area contributed by atoms with E-state index in [4.69, 9.17) is 0 Å². The molecule has 1 aliphatic rings. The van der Waals surface area contributed by atoms with Gasteiger partial charge in [-0.2, -0.15) is 11.8 Å². The van der Waals surface area contributed by atoms with Gasteiger partial charge in [-0.15, -0.1) is 24.0 Å². The molecule has 2 N–H and O–H groups in total. The zero-order valence-corrected chi connectivity index (χ0v) is 15.9. The van der Waals surface area contributed by atoms with E-state index in [0.29, 0.717) is 22.8 Å². The molecule has 0 radical (unpaired) electrons. The maximum Gasteiger partial charge on any atom is 0.191 e. The molecule has 1 aromatic carbocycles. The molecule has 1 aromatic rings. The summed E-state index contributed by atoms with van der Waals surface area (Å²) in [4.78, 5) is 4.14. The zero-order chi connectivity index (χ0) is 15.2. The number of nitrogens with zero attached hydrogens (tertiary/aromatic N) is 1. The Morgan fingerprint density at radius 1 is 1.36 bits per heavy atom. The fraction of sp³-hybridized carbons (Fsp3) is 0.533. The van der Waals surface area contributed by atoms with Gasteiger partial charge in [-0.1, -0.05) is 0 Å². The van der Waals surface area contributed by atoms with Gasteiger partial charge in [0, 0.05) is 30.4 Å². The van der Waals surface area contributed by atoms with Crippen LogP contribution in [0.5, 0.6) is 0 Å². The molecular weight excluding hydrogens is 419 g/mol. The molecule has 3 nitrogen and oxygen atoms in total. The summed E-state index contributed by atoms with van der Waals surface area (Å²) in [6.45, 7) is 0.210. The highest BCUT2D eigenvalue weighted by molar-refractivity contribution is 14.0. The zero-order valence-electron chi connectivity index (χ0n) is 12.7. The molecule has 0 amide bonds. The van der Waals surface area contributed by atoms with Gasteiger partial charge in [0.15, 0.2) is 5.96 Å². The third kappa shape index (κ3) is 5.57. The normalized spacial score (nSPS) is 21.4. The summed E-state index contributed by atoms with van der Waals surface area (Å²) in [7, 11) is 1.68. The number of guanidine groups is 1. The van der Waals surface area contributed by atoms with E-state index in [9.17, 15) is 8.78 Å². The molecule has 0 bridgehead atoms. The molecule has 1 fully saturated rings. The first-order valence-electron chi connectivity index (χ1n) is 7.06. The number of nitrogens with one attached hydrogen (secondary N) is 2. The predicted molar refractivity (Wildman–Crippen MR) is 100 cm³/mol. The number of hydrogen-bond acceptors (Lipinski definition) is 2. The second-order valence-electron chi connectivity index (χ2n) is 5.17. The molecule has 0 heterocycles. The number of thioether (sulfide) groups is 1. The van der Waals surface area contributed by atoms with E-state index in [2.05, 4.69) is 21.9 Å². The molecule has 124 valence electrons. The van der Waals surface area contributed by atoms with E-state index in [1.165, 1.54) is 12.5 Å². The Morgan fingerprint density at radius 2 is 2.14 bits per heavy atom. The minimum atomic E-state index is -0.435. The molecule has 0 saturated heterocycles. The number of benzene rings is 1. The number of aliphatic imine (C=N–C) groups is 1. The van der Waals surface area contributed by atoms with Gasteiger partial charge in [0.25, 0.3) is 0 Å². The monoisotopic (exact) mass is 441 g/mol. The Morgan fingerprint density at radius 3 is 2.77 bits per heavy atom. The number of hydrogen-bond donors (Lipinski definition) is 2. The highest BCUT2D eigenvalue weighted by Crippen LogP contribution is 2.28. The molecular formula is C15H22F2IN3S. The Labute approximate surface area is 151 Å². The fourth-order valence-corrected chi connectivity index (χ4v) is 3.33. The first-order valence-corrected chi connectivity index (χ1v) is 8.35. The lowest BCUT2D eigenvalue weighted by Gasteiger charge is -2.17. The van der Waals surface area contributed by atoms with Gasteiger partial charge in [-0.3, -0.25) is 4.99 Å². The Hall–Kier alpha value is -0.570. The van der Waals surface area contributed by atoms with Crippen LogP contribution in [0.4, 0.5) is 8.78 Å². The van der Waals surface area contributed by atoms with Crippen molar-refractivity contribution in [3.8, 4) is 0 Å². The van der Waals surface area contributed by atoms with Crippen molar-refractivity contribution in [3.05, 3.63) is 35.4 Å². The van der Waals surface area contributed by atoms with Gasteiger partial charge in [-0.05, 0) is 43.7 Å². The number of halogens is 3. The maximum absolute atomic E-state index is 13.6. The highest BCUT2D eigenvalue weighted by atomic mass is 127. The summed E-state index contributed by atoms with van der Waals surface area (Å²) in [5.74, 6) is -0.220. The van der Waals surface area contributed by atoms with Crippen molar-refractivity contribution >= 4 is 41.7 Å². The van der Waals surface area contributed by atoms with Crippen LogP contribution in [-0.4, -0.2) is 30.6 Å². The van der Waals surface area contributed by atoms with Gasteiger partial charge >= 0.3 is 0 Å². The van der Waals surface area contributed by atoms with Crippen LogP contribution in [0.3, 0.4) is 0 Å². The predicted octanol–water partition coefficient (Wildman–Crippen LogP) is 3.53. The topological polar surface area (TPSA) is 36.4 Å². The summed E-state index contributed by atoms with van der Waals surface area (Å²) in [5, 5.41) is 7.08. The standard InChI is InChI=1S/C15H21F2N3S.HI/c1-18-15(20-12-4-5-13(8-12)21-2)19-9-10-7-11(16)3-6-14(10)17;/h3,6-7,12-13H,4-5,8-9H2,1-2H3,(H2,18,19,20);1H. The second-order valence-corrected chi connectivity index (χ2v) is 6.31. The van der Waals surface area contributed by atoms with Crippen molar-refractivity contribution in [1.29, 1.82) is 0 Å². The van der Waals surface area contributed by atoms with E-state index >= 15 is 0 Å². The van der Waals surface area contributed by atoms with Crippen molar-refractivity contribution < 1.29 is 8.78 Å². The van der Waals surface area contributed by atoms with E-state index in [1.807, 2.05) is 11.8 Å². The van der Waals surface area contributed by atoms with E-state index in [1.54, 1.807) is 7.05 Å². The van der Waals surface area contributed by atoms with Crippen molar-refractivity contribution in [2.75, 3.05) is 13.3 Å². The minimum absolute atomic E-state index is 0. The molecule has 0 spiro atoms. The van der Waals surface area contributed by atoms with E-state index in [-0.39, 0.29) is 30.5 Å². The van der Waals surface area contributed by atoms with Crippen LogP contribution in [0, 0.1) is 11.6 Å². The van der Waals surface area contributed by atoms with E-state index in [0.717, 1.165) is 25.0 Å². The fourth-order valence-electron chi connectivity index (χ4n) is 2.53. The molecule has 1 saturated carbocycles. The van der Waals surface area contributed by atoms with Crippen LogP contribution in [0.15, 0.2) is 23.2 Å². The third-order valence-electron chi connectivity index (χ3n) is 3.74. The molecule has 0 aliphatic heterocycles. The summed E-state index contributed by atoms with van der Waals surface area (Å²) in [6, 6.07) is 3.86. The smallest absolute Gasteiger partial charge is 0.191 e. The molecule has 2 rings (SSSR count). The Bertz CT molecular complexity index is 514. The Balaban J connectivity index is 0.00000242. The van der Waals surface area contributed by atoms with Gasteiger partial charge < -0.3 is 10.6 Å². The van der Waals surface area contributed by atoms with Crippen LogP contribution in [0.2, 0.25) is 0 Å². The summed E-state index contributed by atoms with van der Waals surface area (Å²) >= 11 is 1.89. The van der Waals surface area contributed by atoms with Crippen molar-refractivity contribution in [1.82, 2.24) is 10.6 Å². The molecule has 7 heteroatoms. The van der Waals surface area contributed by atoms with Gasteiger partial charge in [0.1, 0.15) is 11.6 Å². The molecule has 1 aliphatic carbocycles. The van der Waals surface area contributed by atoms with Crippen molar-refractivity contribution in [2.24, 2.45) is 4.99 Å². The molecule has 22 heavy (non-hydrogen) atoms. The first-order chi connectivity index (χ1) is 10.1. The van der Waals surface area contributed by atoms with Gasteiger partial charge in [-0.25, -0.2) is 8.78 Å². The van der Waals surface area contributed by atoms with Crippen LogP contribution in [0.1, 0.15) is 24.8 Å². The second kappa shape index (κ2) is 9.54. The van der Waals surface area contributed by atoms with Gasteiger partial charge in [0.05, 0.1) is 0 Å². The van der Waals surface area contributed by atoms with Crippen molar-refractivity contribution in [3.63, 3.8) is 0 Å². The van der Waals surface area contributed by atoms with Gasteiger partial charge in [0.2, 0.25) is 0 Å². The lowest BCUT2D eigenvalue weighted by Crippen LogP contribution is -2.42. The molecule has 2 unspecified atom stereocenters. The summed E-state index contributed by atoms with van der Waals surface area (Å²) in [5.41, 5.74) is 0.298. The maximum atomic E-state index is 13.6. The summed E-state index contributed by atoms with van der Waals surface area (Å²) < 4.78 is 26.7. The van der Waals surface area contributed by atoms with Crippen LogP contribution in [-0.2, 0) is 6.54 Å². The molecule has 0 aromatic heterocycles. The minimum Gasteiger partial charge on any atom is -0.354 e. The van der Waals surface area contributed by atoms with E-state index < -0.39 is 11.6 Å². The third-order valence-corrected chi connectivity index (χ3v) is 4.83. The van der Waals surface area contributed by atoms with Crippen LogP contribution < -0.4 is 10.6 Å². The first kappa shape index (κ1) is 19.5.